The normalized spacial score (nSPS) is 9.00. The first kappa shape index (κ1) is 5.92. The van der Waals surface area contributed by atoms with E-state index >= 15 is 0 Å². The minimum atomic E-state index is 1.04. The molecule has 0 aliphatic rings. The Kier molecular flexibility index (Phi) is 4.85. The second kappa shape index (κ2) is 4.92. The summed E-state index contributed by atoms with van der Waals surface area (Å²) in [5, 5.41) is 3.03. The zero-order valence-corrected chi connectivity index (χ0v) is 4.33. The average molecular weight is 89.2 g/mol. The molecule has 6 heavy (non-hydrogen) atoms. The number of hydrogen-bond donors (Lipinski definition) is 2. The quantitative estimate of drug-likeness (QED) is 0.420. The maximum absolute atomic E-state index is 3.68. The summed E-state index contributed by atoms with van der Waals surface area (Å²) in [5.74, 6) is 0. The summed E-state index contributed by atoms with van der Waals surface area (Å²) in [7, 11) is 1.95. The van der Waals surface area contributed by atoms with Crippen molar-refractivity contribution in [3.63, 3.8) is 0 Å². The highest BCUT2D eigenvalue weighted by Gasteiger charge is 1.76. The smallest absolute Gasteiger partial charge is 0.0752 e. The van der Waals surface area contributed by atoms with Crippen LogP contribution in [0.2, 0.25) is 0 Å². The predicted molar refractivity (Wildman–Crippen MR) is 26.3 cm³/mol. The van der Waals surface area contributed by atoms with Crippen molar-refractivity contribution >= 4 is 0 Å². The van der Waals surface area contributed by atoms with Crippen molar-refractivity contribution in [3.05, 3.63) is 0 Å². The van der Waals surface area contributed by atoms with Crippen LogP contribution in [-0.4, -0.2) is 20.1 Å². The Morgan fingerprint density at radius 1 is 1.67 bits per heavy atom. The van der Waals surface area contributed by atoms with Crippen molar-refractivity contribution in [3.8, 4) is 0 Å². The number of quaternary nitrogens is 1. The van der Waals surface area contributed by atoms with Crippen LogP contribution in [0.3, 0.4) is 0 Å². The molecule has 0 aliphatic heterocycles. The molecule has 0 aromatic rings. The van der Waals surface area contributed by atoms with E-state index in [1.54, 1.807) is 0 Å². The Balaban J connectivity index is 2.34. The van der Waals surface area contributed by atoms with Crippen LogP contribution in [0.25, 0.3) is 0 Å². The summed E-state index contributed by atoms with van der Waals surface area (Å²) in [6, 6.07) is 0. The Labute approximate surface area is 38.7 Å². The fourth-order valence-electron chi connectivity index (χ4n) is 0.302. The highest BCUT2D eigenvalue weighted by Crippen LogP contribution is 1.61. The SMILES string of the molecule is CNCCC[NH3+]. The lowest BCUT2D eigenvalue weighted by molar-refractivity contribution is -0.367. The largest absolute Gasteiger partial charge is 0.358 e. The van der Waals surface area contributed by atoms with Crippen LogP contribution >= 0.6 is 0 Å². The van der Waals surface area contributed by atoms with Gasteiger partial charge in [0, 0.05) is 13.0 Å². The fraction of sp³-hybridized carbons (Fsp3) is 1.00. The maximum atomic E-state index is 3.68. The molecular weight excluding hydrogens is 76.1 g/mol. The van der Waals surface area contributed by atoms with Crippen LogP contribution in [0.4, 0.5) is 0 Å². The van der Waals surface area contributed by atoms with Crippen LogP contribution in [-0.2, 0) is 0 Å². The van der Waals surface area contributed by atoms with Crippen molar-refractivity contribution in [2.45, 2.75) is 6.42 Å². The van der Waals surface area contributed by atoms with Gasteiger partial charge in [0.05, 0.1) is 6.54 Å². The molecule has 38 valence electrons. The molecule has 0 aromatic heterocycles. The third kappa shape index (κ3) is 3.92. The second-order valence-electron chi connectivity index (χ2n) is 1.31. The number of nitrogens with one attached hydrogen (secondary N) is 1. The standard InChI is InChI=1S/C4H12N2/c1-6-4-2-3-5/h6H,2-5H2,1H3/p+1. The molecule has 0 fully saturated rings. The highest BCUT2D eigenvalue weighted by atomic mass is 14.8. The van der Waals surface area contributed by atoms with Gasteiger partial charge in [0.15, 0.2) is 0 Å². The van der Waals surface area contributed by atoms with Gasteiger partial charge in [-0.1, -0.05) is 0 Å². The van der Waals surface area contributed by atoms with Gasteiger partial charge in [0.25, 0.3) is 0 Å². The Morgan fingerprint density at radius 2 is 2.33 bits per heavy atom. The maximum Gasteiger partial charge on any atom is 0.0752 e. The van der Waals surface area contributed by atoms with E-state index in [1.165, 1.54) is 6.42 Å². The van der Waals surface area contributed by atoms with Crippen LogP contribution in [0.15, 0.2) is 0 Å². The molecule has 0 heterocycles. The molecule has 0 atom stereocenters. The molecule has 0 saturated heterocycles. The summed E-state index contributed by atoms with van der Waals surface area (Å²) in [6.07, 6.45) is 1.19. The molecule has 4 N–H and O–H groups in total. The summed E-state index contributed by atoms with van der Waals surface area (Å²) >= 11 is 0. The van der Waals surface area contributed by atoms with Gasteiger partial charge < -0.3 is 11.1 Å². The van der Waals surface area contributed by atoms with E-state index in [-0.39, 0.29) is 0 Å². The summed E-state index contributed by atoms with van der Waals surface area (Å²) in [5.41, 5.74) is 3.68. The fourth-order valence-corrected chi connectivity index (χ4v) is 0.302. The van der Waals surface area contributed by atoms with E-state index < -0.39 is 0 Å². The van der Waals surface area contributed by atoms with E-state index in [0.29, 0.717) is 0 Å². The van der Waals surface area contributed by atoms with Crippen LogP contribution in [0.5, 0.6) is 0 Å². The molecule has 0 saturated carbocycles. The highest BCUT2D eigenvalue weighted by molar-refractivity contribution is 4.33. The molecule has 0 aliphatic carbocycles. The molecule has 0 amide bonds. The van der Waals surface area contributed by atoms with Crippen molar-refractivity contribution in [1.82, 2.24) is 5.32 Å². The van der Waals surface area contributed by atoms with Gasteiger partial charge in [-0.15, -0.1) is 0 Å². The third-order valence-electron chi connectivity index (χ3n) is 0.677. The van der Waals surface area contributed by atoms with Crippen molar-refractivity contribution in [2.24, 2.45) is 0 Å². The van der Waals surface area contributed by atoms with E-state index in [0.717, 1.165) is 13.1 Å². The van der Waals surface area contributed by atoms with Gasteiger partial charge in [-0.05, 0) is 7.05 Å². The minimum absolute atomic E-state index is 1.04. The van der Waals surface area contributed by atoms with Gasteiger partial charge in [0.1, 0.15) is 0 Å². The zero-order valence-electron chi connectivity index (χ0n) is 4.33. The molecule has 0 spiro atoms. The summed E-state index contributed by atoms with van der Waals surface area (Å²) < 4.78 is 0. The van der Waals surface area contributed by atoms with Crippen LogP contribution < -0.4 is 11.1 Å². The monoisotopic (exact) mass is 89.1 g/mol. The number of hydrogen-bond acceptors (Lipinski definition) is 1. The molecule has 2 nitrogen and oxygen atoms in total. The van der Waals surface area contributed by atoms with E-state index in [2.05, 4.69) is 11.1 Å². The summed E-state index contributed by atoms with van der Waals surface area (Å²) in [4.78, 5) is 0. The lowest BCUT2D eigenvalue weighted by atomic mass is 10.4. The minimum Gasteiger partial charge on any atom is -0.358 e. The van der Waals surface area contributed by atoms with E-state index in [9.17, 15) is 0 Å². The van der Waals surface area contributed by atoms with Gasteiger partial charge in [-0.3, -0.25) is 0 Å². The number of rotatable bonds is 3. The Bertz CT molecular complexity index is 17.5. The average Bonchev–Trinajstić information content (AvgIpc) is 1.61. The first-order valence-electron chi connectivity index (χ1n) is 2.35. The molecule has 0 unspecified atom stereocenters. The van der Waals surface area contributed by atoms with Gasteiger partial charge in [-0.2, -0.15) is 0 Å². The first-order chi connectivity index (χ1) is 2.91. The second-order valence-corrected chi connectivity index (χ2v) is 1.31. The Morgan fingerprint density at radius 3 is 2.50 bits per heavy atom. The van der Waals surface area contributed by atoms with Gasteiger partial charge in [0.2, 0.25) is 0 Å². The van der Waals surface area contributed by atoms with E-state index in [4.69, 9.17) is 0 Å². The van der Waals surface area contributed by atoms with Crippen LogP contribution in [0, 0.1) is 0 Å². The molecule has 2 heteroatoms. The molecule has 0 bridgehead atoms. The zero-order chi connectivity index (χ0) is 4.83. The topological polar surface area (TPSA) is 39.7 Å². The van der Waals surface area contributed by atoms with Gasteiger partial charge >= 0.3 is 0 Å². The first-order valence-corrected chi connectivity index (χ1v) is 2.35. The van der Waals surface area contributed by atoms with E-state index in [1.807, 2.05) is 7.05 Å². The molecule has 0 radical (unpaired) electrons. The third-order valence-corrected chi connectivity index (χ3v) is 0.677. The van der Waals surface area contributed by atoms with Crippen LogP contribution in [0.1, 0.15) is 6.42 Å². The van der Waals surface area contributed by atoms with Gasteiger partial charge in [-0.25, -0.2) is 0 Å². The summed E-state index contributed by atoms with van der Waals surface area (Å²) in [6.45, 7) is 2.14. The lowest BCUT2D eigenvalue weighted by Crippen LogP contribution is -2.50. The Hall–Kier alpha value is -0.0800. The molecular formula is C4H13N2+. The van der Waals surface area contributed by atoms with Crippen molar-refractivity contribution < 1.29 is 5.73 Å². The molecule has 0 aromatic carbocycles. The van der Waals surface area contributed by atoms with Crippen molar-refractivity contribution in [1.29, 1.82) is 0 Å². The van der Waals surface area contributed by atoms with Crippen molar-refractivity contribution in [2.75, 3.05) is 20.1 Å². The predicted octanol–water partition coefficient (Wildman–Crippen LogP) is -1.16. The lowest BCUT2D eigenvalue weighted by Gasteiger charge is -1.88. The molecule has 0 rings (SSSR count).